The molecule has 1 heterocycles. The maximum absolute atomic E-state index is 13.5. The van der Waals surface area contributed by atoms with Gasteiger partial charge in [0.2, 0.25) is 0 Å². The Bertz CT molecular complexity index is 659. The molecule has 0 saturated heterocycles. The molecular weight excluding hydrogens is 259 g/mol. The van der Waals surface area contributed by atoms with Crippen LogP contribution in [0.15, 0.2) is 30.3 Å². The number of rotatable bonds is 2. The molecule has 104 valence electrons. The first kappa shape index (κ1) is 12.6. The number of benzene rings is 2. The normalized spacial score (nSPS) is 13.1. The van der Waals surface area contributed by atoms with Gasteiger partial charge in [-0.25, -0.2) is 4.39 Å². The second-order valence-electron chi connectivity index (χ2n) is 4.67. The van der Waals surface area contributed by atoms with Gasteiger partial charge in [0.25, 0.3) is 0 Å². The minimum Gasteiger partial charge on any atom is -0.486 e. The van der Waals surface area contributed by atoms with Gasteiger partial charge in [-0.15, -0.1) is 0 Å². The zero-order valence-corrected chi connectivity index (χ0v) is 11.1. The van der Waals surface area contributed by atoms with Crippen LogP contribution in [-0.4, -0.2) is 13.2 Å². The highest BCUT2D eigenvalue weighted by Gasteiger charge is 2.14. The molecule has 0 atom stereocenters. The molecule has 20 heavy (non-hydrogen) atoms. The van der Waals surface area contributed by atoms with Crippen LogP contribution in [0.3, 0.4) is 0 Å². The lowest BCUT2D eigenvalue weighted by atomic mass is 10.2. The SMILES string of the molecule is Cc1ccc(Nc2cc3c(cc2N)OCCO3)cc1F. The Kier molecular flexibility index (Phi) is 3.10. The largest absolute Gasteiger partial charge is 0.486 e. The van der Waals surface area contributed by atoms with Crippen LogP contribution in [0, 0.1) is 12.7 Å². The van der Waals surface area contributed by atoms with Crippen LogP contribution >= 0.6 is 0 Å². The molecule has 0 spiro atoms. The van der Waals surface area contributed by atoms with Gasteiger partial charge in [0.05, 0.1) is 11.4 Å². The third-order valence-corrected chi connectivity index (χ3v) is 3.17. The maximum atomic E-state index is 13.5. The smallest absolute Gasteiger partial charge is 0.163 e. The van der Waals surface area contributed by atoms with E-state index in [1.54, 1.807) is 31.2 Å². The third-order valence-electron chi connectivity index (χ3n) is 3.17. The molecule has 2 aromatic rings. The predicted molar refractivity (Wildman–Crippen MR) is 76.3 cm³/mol. The summed E-state index contributed by atoms with van der Waals surface area (Å²) in [6, 6.07) is 8.43. The van der Waals surface area contributed by atoms with Gasteiger partial charge in [0, 0.05) is 17.8 Å². The van der Waals surface area contributed by atoms with Gasteiger partial charge in [-0.3, -0.25) is 0 Å². The van der Waals surface area contributed by atoms with Crippen molar-refractivity contribution < 1.29 is 13.9 Å². The van der Waals surface area contributed by atoms with Gasteiger partial charge in [-0.1, -0.05) is 6.07 Å². The van der Waals surface area contributed by atoms with Crippen LogP contribution in [0.1, 0.15) is 5.56 Å². The molecule has 0 unspecified atom stereocenters. The number of ether oxygens (including phenoxy) is 2. The van der Waals surface area contributed by atoms with Crippen molar-refractivity contribution in [2.24, 2.45) is 0 Å². The van der Waals surface area contributed by atoms with E-state index in [0.29, 0.717) is 47.3 Å². The second-order valence-corrected chi connectivity index (χ2v) is 4.67. The molecule has 1 aliphatic rings. The lowest BCUT2D eigenvalue weighted by Crippen LogP contribution is -2.15. The first-order valence-corrected chi connectivity index (χ1v) is 6.36. The highest BCUT2D eigenvalue weighted by atomic mass is 19.1. The van der Waals surface area contributed by atoms with Crippen LogP contribution in [0.2, 0.25) is 0 Å². The van der Waals surface area contributed by atoms with Crippen molar-refractivity contribution in [1.29, 1.82) is 0 Å². The van der Waals surface area contributed by atoms with E-state index in [1.807, 2.05) is 0 Å². The van der Waals surface area contributed by atoms with E-state index in [0.717, 1.165) is 0 Å². The van der Waals surface area contributed by atoms with Gasteiger partial charge in [-0.05, 0) is 24.6 Å². The van der Waals surface area contributed by atoms with Crippen molar-refractivity contribution in [1.82, 2.24) is 0 Å². The van der Waals surface area contributed by atoms with E-state index in [1.165, 1.54) is 6.07 Å². The summed E-state index contributed by atoms with van der Waals surface area (Å²) in [7, 11) is 0. The standard InChI is InChI=1S/C15H15FN2O2/c1-9-2-3-10(6-11(9)16)18-13-8-15-14(7-12(13)17)19-4-5-20-15/h2-3,6-8,18H,4-5,17H2,1H3. The van der Waals surface area contributed by atoms with Gasteiger partial charge in [0.15, 0.2) is 11.5 Å². The molecule has 0 aromatic heterocycles. The molecule has 0 bridgehead atoms. The lowest BCUT2D eigenvalue weighted by molar-refractivity contribution is 0.172. The number of nitrogens with one attached hydrogen (secondary N) is 1. The van der Waals surface area contributed by atoms with Crippen molar-refractivity contribution >= 4 is 17.1 Å². The number of fused-ring (bicyclic) bond motifs is 1. The highest BCUT2D eigenvalue weighted by Crippen LogP contribution is 2.38. The third kappa shape index (κ3) is 2.34. The Morgan fingerprint density at radius 1 is 1.10 bits per heavy atom. The first-order valence-electron chi connectivity index (χ1n) is 6.36. The molecular formula is C15H15FN2O2. The molecule has 0 radical (unpaired) electrons. The van der Waals surface area contributed by atoms with Crippen LogP contribution < -0.4 is 20.5 Å². The number of hydrogen-bond donors (Lipinski definition) is 2. The fraction of sp³-hybridized carbons (Fsp3) is 0.200. The van der Waals surface area contributed by atoms with E-state index in [4.69, 9.17) is 15.2 Å². The molecule has 3 N–H and O–H groups in total. The molecule has 3 rings (SSSR count). The molecule has 4 nitrogen and oxygen atoms in total. The Morgan fingerprint density at radius 2 is 1.80 bits per heavy atom. The summed E-state index contributed by atoms with van der Waals surface area (Å²) in [4.78, 5) is 0. The topological polar surface area (TPSA) is 56.5 Å². The quantitative estimate of drug-likeness (QED) is 0.825. The molecule has 2 aromatic carbocycles. The lowest BCUT2D eigenvalue weighted by Gasteiger charge is -2.20. The predicted octanol–water partition coefficient (Wildman–Crippen LogP) is 3.23. The maximum Gasteiger partial charge on any atom is 0.163 e. The number of hydrogen-bond acceptors (Lipinski definition) is 4. The van der Waals surface area contributed by atoms with Crippen LogP contribution in [0.5, 0.6) is 11.5 Å². The average Bonchev–Trinajstić information content (AvgIpc) is 2.44. The van der Waals surface area contributed by atoms with Gasteiger partial charge in [-0.2, -0.15) is 0 Å². The summed E-state index contributed by atoms with van der Waals surface area (Å²) in [6.07, 6.45) is 0. The van der Waals surface area contributed by atoms with Crippen molar-refractivity contribution in [3.05, 3.63) is 41.7 Å². The van der Waals surface area contributed by atoms with E-state index >= 15 is 0 Å². The van der Waals surface area contributed by atoms with E-state index in [-0.39, 0.29) is 5.82 Å². The Labute approximate surface area is 116 Å². The number of aryl methyl sites for hydroxylation is 1. The summed E-state index contributed by atoms with van der Waals surface area (Å²) in [5, 5.41) is 3.09. The Morgan fingerprint density at radius 3 is 2.50 bits per heavy atom. The molecule has 0 saturated carbocycles. The summed E-state index contributed by atoms with van der Waals surface area (Å²) in [5.74, 6) is 1.01. The Hall–Kier alpha value is -2.43. The van der Waals surface area contributed by atoms with Gasteiger partial charge >= 0.3 is 0 Å². The number of halogens is 1. The first-order chi connectivity index (χ1) is 9.63. The second kappa shape index (κ2) is 4.92. The number of nitrogen functional groups attached to an aromatic ring is 1. The van der Waals surface area contributed by atoms with E-state index < -0.39 is 0 Å². The number of anilines is 3. The molecule has 0 amide bonds. The highest BCUT2D eigenvalue weighted by molar-refractivity contribution is 5.76. The monoisotopic (exact) mass is 274 g/mol. The van der Waals surface area contributed by atoms with Crippen molar-refractivity contribution in [2.75, 3.05) is 24.3 Å². The molecule has 0 aliphatic carbocycles. The summed E-state index contributed by atoms with van der Waals surface area (Å²) >= 11 is 0. The summed E-state index contributed by atoms with van der Waals surface area (Å²) in [5.41, 5.74) is 8.39. The number of nitrogens with two attached hydrogens (primary N) is 1. The minimum absolute atomic E-state index is 0.258. The van der Waals surface area contributed by atoms with Gasteiger partial charge in [0.1, 0.15) is 19.0 Å². The van der Waals surface area contributed by atoms with Crippen molar-refractivity contribution in [2.45, 2.75) is 6.92 Å². The van der Waals surface area contributed by atoms with Crippen molar-refractivity contribution in [3.8, 4) is 11.5 Å². The Balaban J connectivity index is 1.92. The molecule has 1 aliphatic heterocycles. The van der Waals surface area contributed by atoms with Crippen molar-refractivity contribution in [3.63, 3.8) is 0 Å². The van der Waals surface area contributed by atoms with E-state index in [2.05, 4.69) is 5.32 Å². The van der Waals surface area contributed by atoms with Gasteiger partial charge < -0.3 is 20.5 Å². The van der Waals surface area contributed by atoms with Crippen LogP contribution in [-0.2, 0) is 0 Å². The fourth-order valence-electron chi connectivity index (χ4n) is 2.04. The fourth-order valence-corrected chi connectivity index (χ4v) is 2.04. The van der Waals surface area contributed by atoms with Crippen LogP contribution in [0.4, 0.5) is 21.5 Å². The average molecular weight is 274 g/mol. The summed E-state index contributed by atoms with van der Waals surface area (Å²) in [6.45, 7) is 2.75. The zero-order chi connectivity index (χ0) is 14.1. The minimum atomic E-state index is -0.258. The molecule has 5 heteroatoms. The van der Waals surface area contributed by atoms with E-state index in [9.17, 15) is 4.39 Å². The zero-order valence-electron chi connectivity index (χ0n) is 11.1. The summed E-state index contributed by atoms with van der Waals surface area (Å²) < 4.78 is 24.5. The van der Waals surface area contributed by atoms with Crippen LogP contribution in [0.25, 0.3) is 0 Å². The molecule has 0 fully saturated rings.